The van der Waals surface area contributed by atoms with Crippen LogP contribution in [0.15, 0.2) is 18.5 Å². The van der Waals surface area contributed by atoms with Crippen LogP contribution >= 0.6 is 0 Å². The van der Waals surface area contributed by atoms with Gasteiger partial charge in [-0.15, -0.1) is 0 Å². The second kappa shape index (κ2) is 7.01. The quantitative estimate of drug-likeness (QED) is 0.886. The minimum Gasteiger partial charge on any atom is -0.329 e. The fourth-order valence-corrected chi connectivity index (χ4v) is 3.26. The summed E-state index contributed by atoms with van der Waals surface area (Å²) < 4.78 is 0. The van der Waals surface area contributed by atoms with E-state index in [1.54, 1.807) is 0 Å². The van der Waals surface area contributed by atoms with Crippen molar-refractivity contribution in [1.29, 1.82) is 0 Å². The normalized spacial score (nSPS) is 19.5. The van der Waals surface area contributed by atoms with Crippen LogP contribution in [0.3, 0.4) is 0 Å². The fraction of sp³-hybridized carbons (Fsp3) is 0.688. The highest BCUT2D eigenvalue weighted by atomic mass is 15.2. The summed E-state index contributed by atoms with van der Waals surface area (Å²) in [5, 5.41) is 0. The average Bonchev–Trinajstić information content (AvgIpc) is 2.44. The van der Waals surface area contributed by atoms with Gasteiger partial charge in [-0.1, -0.05) is 19.8 Å². The van der Waals surface area contributed by atoms with Crippen molar-refractivity contribution in [2.75, 3.05) is 19.6 Å². The molecule has 1 aromatic heterocycles. The van der Waals surface area contributed by atoms with Gasteiger partial charge in [-0.25, -0.2) is 0 Å². The number of hydrogen-bond donors (Lipinski definition) is 1. The van der Waals surface area contributed by atoms with Gasteiger partial charge < -0.3 is 5.73 Å². The third-order valence-electron chi connectivity index (χ3n) is 4.45. The van der Waals surface area contributed by atoms with Gasteiger partial charge in [0.15, 0.2) is 0 Å². The lowest BCUT2D eigenvalue weighted by Gasteiger charge is -2.37. The van der Waals surface area contributed by atoms with Crippen molar-refractivity contribution in [3.63, 3.8) is 0 Å². The monoisotopic (exact) mass is 261 g/mol. The summed E-state index contributed by atoms with van der Waals surface area (Å²) >= 11 is 0. The van der Waals surface area contributed by atoms with E-state index < -0.39 is 0 Å². The molecule has 1 aliphatic heterocycles. The molecule has 106 valence electrons. The van der Waals surface area contributed by atoms with E-state index >= 15 is 0 Å². The summed E-state index contributed by atoms with van der Waals surface area (Å²) in [7, 11) is 0. The number of nitrogens with two attached hydrogens (primary N) is 1. The molecule has 0 bridgehead atoms. The lowest BCUT2D eigenvalue weighted by atomic mass is 9.90. The molecule has 3 heteroatoms. The number of likely N-dealkylation sites (tertiary alicyclic amines) is 1. The number of hydrogen-bond acceptors (Lipinski definition) is 3. The molecule has 19 heavy (non-hydrogen) atoms. The Balaban J connectivity index is 2.02. The van der Waals surface area contributed by atoms with E-state index in [2.05, 4.69) is 29.8 Å². The minimum atomic E-state index is 0.344. The molecule has 1 atom stereocenters. The van der Waals surface area contributed by atoms with E-state index in [4.69, 9.17) is 5.73 Å². The van der Waals surface area contributed by atoms with Crippen molar-refractivity contribution in [3.05, 3.63) is 29.6 Å². The second-order valence-electron chi connectivity index (χ2n) is 5.75. The van der Waals surface area contributed by atoms with Crippen LogP contribution in [0.5, 0.6) is 0 Å². The minimum absolute atomic E-state index is 0.344. The Morgan fingerprint density at radius 2 is 2.16 bits per heavy atom. The number of piperidine rings is 1. The van der Waals surface area contributed by atoms with Gasteiger partial charge >= 0.3 is 0 Å². The number of nitrogens with zero attached hydrogens (tertiary/aromatic N) is 2. The highest BCUT2D eigenvalue weighted by Crippen LogP contribution is 2.29. The van der Waals surface area contributed by atoms with Crippen LogP contribution in [0, 0.1) is 12.8 Å². The van der Waals surface area contributed by atoms with Gasteiger partial charge in [-0.3, -0.25) is 9.88 Å². The molecular formula is C16H27N3. The van der Waals surface area contributed by atoms with E-state index in [0.29, 0.717) is 12.6 Å². The van der Waals surface area contributed by atoms with E-state index in [1.807, 2.05) is 12.4 Å². The first-order chi connectivity index (χ1) is 9.26. The first-order valence-corrected chi connectivity index (χ1v) is 7.60. The van der Waals surface area contributed by atoms with Crippen LogP contribution in [0.1, 0.15) is 49.8 Å². The first kappa shape index (κ1) is 14.5. The molecule has 1 aromatic rings. The van der Waals surface area contributed by atoms with Crippen LogP contribution in [-0.4, -0.2) is 29.5 Å². The molecule has 1 unspecified atom stereocenters. The molecule has 2 heterocycles. The largest absolute Gasteiger partial charge is 0.329 e. The zero-order valence-corrected chi connectivity index (χ0v) is 12.3. The standard InChI is InChI=1S/C16H27N3/c1-3-4-14-6-9-19(10-7-14)16(11-17)15-12-18-8-5-13(15)2/h5,8,12,14,16H,3-4,6-7,9-11,17H2,1-2H3. The van der Waals surface area contributed by atoms with E-state index in [-0.39, 0.29) is 0 Å². The van der Waals surface area contributed by atoms with Crippen molar-refractivity contribution in [2.24, 2.45) is 11.7 Å². The highest BCUT2D eigenvalue weighted by molar-refractivity contribution is 5.25. The average molecular weight is 261 g/mol. The Kier molecular flexibility index (Phi) is 5.34. The maximum Gasteiger partial charge on any atom is 0.0488 e. The highest BCUT2D eigenvalue weighted by Gasteiger charge is 2.25. The van der Waals surface area contributed by atoms with Gasteiger partial charge in [0, 0.05) is 25.0 Å². The predicted molar refractivity (Wildman–Crippen MR) is 80.0 cm³/mol. The van der Waals surface area contributed by atoms with E-state index in [1.165, 1.54) is 49.9 Å². The van der Waals surface area contributed by atoms with Crippen LogP contribution in [0.25, 0.3) is 0 Å². The van der Waals surface area contributed by atoms with Gasteiger partial charge in [-0.05, 0) is 56.0 Å². The SMILES string of the molecule is CCCC1CCN(C(CN)c2cnccc2C)CC1. The lowest BCUT2D eigenvalue weighted by molar-refractivity contribution is 0.131. The molecule has 0 aliphatic carbocycles. The van der Waals surface area contributed by atoms with Gasteiger partial charge in [0.2, 0.25) is 0 Å². The Bertz CT molecular complexity index is 383. The van der Waals surface area contributed by atoms with Gasteiger partial charge in [-0.2, -0.15) is 0 Å². The first-order valence-electron chi connectivity index (χ1n) is 7.60. The molecule has 1 fully saturated rings. The molecule has 1 aliphatic rings. The predicted octanol–water partition coefficient (Wildman–Crippen LogP) is 2.90. The molecule has 2 rings (SSSR count). The van der Waals surface area contributed by atoms with Crippen LogP contribution in [-0.2, 0) is 0 Å². The lowest BCUT2D eigenvalue weighted by Crippen LogP contribution is -2.40. The summed E-state index contributed by atoms with van der Waals surface area (Å²) in [5.74, 6) is 0.926. The van der Waals surface area contributed by atoms with Gasteiger partial charge in [0.25, 0.3) is 0 Å². The summed E-state index contributed by atoms with van der Waals surface area (Å²) in [5.41, 5.74) is 8.64. The summed E-state index contributed by atoms with van der Waals surface area (Å²) in [6.45, 7) is 7.49. The smallest absolute Gasteiger partial charge is 0.0488 e. The van der Waals surface area contributed by atoms with Crippen molar-refractivity contribution in [1.82, 2.24) is 9.88 Å². The Hall–Kier alpha value is -0.930. The summed E-state index contributed by atoms with van der Waals surface area (Å²) in [6.07, 6.45) is 9.19. The Labute approximate surface area is 117 Å². The molecule has 0 saturated carbocycles. The fourth-order valence-electron chi connectivity index (χ4n) is 3.26. The van der Waals surface area contributed by atoms with Gasteiger partial charge in [0.05, 0.1) is 0 Å². The molecule has 3 nitrogen and oxygen atoms in total. The number of rotatable bonds is 5. The molecular weight excluding hydrogens is 234 g/mol. The summed E-state index contributed by atoms with van der Waals surface area (Å²) in [6, 6.07) is 2.43. The third-order valence-corrected chi connectivity index (χ3v) is 4.45. The van der Waals surface area contributed by atoms with Crippen LogP contribution in [0.4, 0.5) is 0 Å². The van der Waals surface area contributed by atoms with E-state index in [9.17, 15) is 0 Å². The second-order valence-corrected chi connectivity index (χ2v) is 5.75. The molecule has 0 amide bonds. The number of aromatic nitrogens is 1. The zero-order chi connectivity index (χ0) is 13.7. The van der Waals surface area contributed by atoms with E-state index in [0.717, 1.165) is 5.92 Å². The molecule has 2 N–H and O–H groups in total. The molecule has 0 spiro atoms. The van der Waals surface area contributed by atoms with Crippen molar-refractivity contribution < 1.29 is 0 Å². The zero-order valence-electron chi connectivity index (χ0n) is 12.3. The van der Waals surface area contributed by atoms with Crippen molar-refractivity contribution >= 4 is 0 Å². The van der Waals surface area contributed by atoms with Crippen LogP contribution < -0.4 is 5.73 Å². The molecule has 0 radical (unpaired) electrons. The number of aryl methyl sites for hydroxylation is 1. The van der Waals surface area contributed by atoms with Crippen molar-refractivity contribution in [3.8, 4) is 0 Å². The topological polar surface area (TPSA) is 42.1 Å². The summed E-state index contributed by atoms with van der Waals surface area (Å²) in [4.78, 5) is 6.82. The van der Waals surface area contributed by atoms with Crippen molar-refractivity contribution in [2.45, 2.75) is 45.6 Å². The maximum atomic E-state index is 6.03. The third kappa shape index (κ3) is 3.54. The number of pyridine rings is 1. The molecule has 1 saturated heterocycles. The van der Waals surface area contributed by atoms with Crippen LogP contribution in [0.2, 0.25) is 0 Å². The Morgan fingerprint density at radius 1 is 1.42 bits per heavy atom. The maximum absolute atomic E-state index is 6.03. The van der Waals surface area contributed by atoms with Gasteiger partial charge in [0.1, 0.15) is 0 Å². The Morgan fingerprint density at radius 3 is 2.74 bits per heavy atom. The molecule has 0 aromatic carbocycles.